The molecule has 3 atom stereocenters. The fourth-order valence-corrected chi connectivity index (χ4v) is 3.84. The van der Waals surface area contributed by atoms with Gasteiger partial charge in [-0.3, -0.25) is 0 Å². The Hall–Kier alpha value is -1.07. The van der Waals surface area contributed by atoms with Crippen LogP contribution >= 0.6 is 0 Å². The topological polar surface area (TPSA) is 69.4 Å². The average Bonchev–Trinajstić information content (AvgIpc) is 2.38. The smallest absolute Gasteiger partial charge is 0.212 e. The van der Waals surface area contributed by atoms with Gasteiger partial charge in [0.2, 0.25) is 10.0 Å². The molecule has 0 aliphatic heterocycles. The Kier molecular flexibility index (Phi) is 6.68. The summed E-state index contributed by atoms with van der Waals surface area (Å²) in [6.07, 6.45) is 2.72. The van der Waals surface area contributed by atoms with Crippen LogP contribution in [-0.2, 0) is 10.0 Å². The van der Waals surface area contributed by atoms with Crippen LogP contribution in [0.5, 0.6) is 5.75 Å². The molecule has 0 aliphatic rings. The molecule has 21 heavy (non-hydrogen) atoms. The predicted octanol–water partition coefficient (Wildman–Crippen LogP) is 3.42. The van der Waals surface area contributed by atoms with Gasteiger partial charge in [-0.15, -0.1) is 0 Å². The van der Waals surface area contributed by atoms with E-state index in [1.807, 2.05) is 45.0 Å². The Bertz CT molecular complexity index is 542. The molecule has 4 nitrogen and oxygen atoms in total. The number of rotatable bonds is 8. The van der Waals surface area contributed by atoms with Crippen molar-refractivity contribution >= 4 is 10.0 Å². The number of primary sulfonamides is 1. The molecule has 120 valence electrons. The van der Waals surface area contributed by atoms with Crippen LogP contribution in [0.25, 0.3) is 0 Å². The van der Waals surface area contributed by atoms with E-state index in [4.69, 9.17) is 9.88 Å². The summed E-state index contributed by atoms with van der Waals surface area (Å²) in [5.41, 5.74) is 0.942. The minimum Gasteiger partial charge on any atom is -0.491 e. The van der Waals surface area contributed by atoms with Crippen LogP contribution in [0.1, 0.15) is 58.4 Å². The zero-order valence-corrected chi connectivity index (χ0v) is 14.2. The van der Waals surface area contributed by atoms with Gasteiger partial charge in [-0.25, -0.2) is 13.6 Å². The molecule has 1 aromatic rings. The molecule has 2 N–H and O–H groups in total. The van der Waals surface area contributed by atoms with E-state index in [0.717, 1.165) is 24.2 Å². The summed E-state index contributed by atoms with van der Waals surface area (Å²) in [5, 5.41) is 4.76. The Morgan fingerprint density at radius 3 is 2.43 bits per heavy atom. The first-order valence-corrected chi connectivity index (χ1v) is 9.18. The Morgan fingerprint density at radius 2 is 1.90 bits per heavy atom. The van der Waals surface area contributed by atoms with E-state index >= 15 is 0 Å². The van der Waals surface area contributed by atoms with Crippen molar-refractivity contribution in [3.05, 3.63) is 29.8 Å². The van der Waals surface area contributed by atoms with Crippen LogP contribution in [-0.4, -0.2) is 19.8 Å². The number of benzene rings is 1. The van der Waals surface area contributed by atoms with Gasteiger partial charge >= 0.3 is 0 Å². The number of hydrogen-bond donors (Lipinski definition) is 1. The van der Waals surface area contributed by atoms with Crippen LogP contribution < -0.4 is 9.88 Å². The van der Waals surface area contributed by atoms with Gasteiger partial charge in [0.1, 0.15) is 5.75 Å². The van der Waals surface area contributed by atoms with Crippen molar-refractivity contribution in [3.63, 3.8) is 0 Å². The van der Waals surface area contributed by atoms with Gasteiger partial charge < -0.3 is 4.74 Å². The van der Waals surface area contributed by atoms with Gasteiger partial charge in [0.15, 0.2) is 0 Å². The van der Waals surface area contributed by atoms with Crippen molar-refractivity contribution in [1.29, 1.82) is 0 Å². The third-order valence-corrected chi connectivity index (χ3v) is 5.38. The summed E-state index contributed by atoms with van der Waals surface area (Å²) < 4.78 is 29.2. The molecule has 0 aliphatic carbocycles. The van der Waals surface area contributed by atoms with Gasteiger partial charge in [0.05, 0.1) is 11.4 Å². The second kappa shape index (κ2) is 7.80. The summed E-state index contributed by atoms with van der Waals surface area (Å²) in [7, 11) is -3.55. The van der Waals surface area contributed by atoms with Crippen LogP contribution in [0.4, 0.5) is 0 Å². The summed E-state index contributed by atoms with van der Waals surface area (Å²) in [5.74, 6) is 0.625. The van der Waals surface area contributed by atoms with E-state index in [1.165, 1.54) is 0 Å². The van der Waals surface area contributed by atoms with E-state index < -0.39 is 15.3 Å². The molecule has 0 bridgehead atoms. The highest BCUT2D eigenvalue weighted by Crippen LogP contribution is 2.28. The maximum Gasteiger partial charge on any atom is 0.212 e. The molecule has 0 aromatic heterocycles. The summed E-state index contributed by atoms with van der Waals surface area (Å²) >= 11 is 0. The first-order chi connectivity index (χ1) is 9.79. The van der Waals surface area contributed by atoms with Crippen LogP contribution in [0, 0.1) is 0 Å². The van der Waals surface area contributed by atoms with E-state index in [-0.39, 0.29) is 12.0 Å². The second-order valence-electron chi connectivity index (χ2n) is 5.61. The Morgan fingerprint density at radius 1 is 1.24 bits per heavy atom. The molecule has 0 radical (unpaired) electrons. The van der Waals surface area contributed by atoms with Crippen LogP contribution in [0.2, 0.25) is 0 Å². The lowest BCUT2D eigenvalue weighted by molar-refractivity contribution is 0.209. The van der Waals surface area contributed by atoms with Crippen molar-refractivity contribution in [2.45, 2.75) is 64.2 Å². The Balaban J connectivity index is 2.93. The van der Waals surface area contributed by atoms with Gasteiger partial charge in [-0.05, 0) is 43.4 Å². The quantitative estimate of drug-likeness (QED) is 0.799. The van der Waals surface area contributed by atoms with Crippen molar-refractivity contribution < 1.29 is 13.2 Å². The highest BCUT2D eigenvalue weighted by atomic mass is 32.2. The van der Waals surface area contributed by atoms with Gasteiger partial charge in [0.25, 0.3) is 0 Å². The SMILES string of the molecule is CCC[C@H](C)Oc1cccc([C@@H](C)C(CC)S(N)(=O)=O)c1. The van der Waals surface area contributed by atoms with Gasteiger partial charge in [-0.1, -0.05) is 39.3 Å². The first-order valence-electron chi connectivity index (χ1n) is 7.57. The second-order valence-corrected chi connectivity index (χ2v) is 7.40. The number of ether oxygens (including phenoxy) is 1. The molecule has 0 saturated heterocycles. The Labute approximate surface area is 128 Å². The van der Waals surface area contributed by atoms with E-state index in [1.54, 1.807) is 0 Å². The lowest BCUT2D eigenvalue weighted by atomic mass is 9.96. The highest BCUT2D eigenvalue weighted by Gasteiger charge is 2.27. The highest BCUT2D eigenvalue weighted by molar-refractivity contribution is 7.89. The minimum atomic E-state index is -3.55. The standard InChI is InChI=1S/C16H27NO3S/c1-5-8-12(3)20-15-10-7-9-14(11-15)13(4)16(6-2)21(17,18)19/h7,9-13,16H,5-6,8H2,1-4H3,(H2,17,18,19)/t12-,13+,16?/m0/s1. The molecule has 0 heterocycles. The summed E-state index contributed by atoms with van der Waals surface area (Å²) in [6.45, 7) is 7.90. The summed E-state index contributed by atoms with van der Waals surface area (Å²) in [6, 6.07) is 7.65. The molecule has 0 spiro atoms. The van der Waals surface area contributed by atoms with Crippen molar-refractivity contribution in [2.75, 3.05) is 0 Å². The van der Waals surface area contributed by atoms with Crippen molar-refractivity contribution in [3.8, 4) is 5.75 Å². The monoisotopic (exact) mass is 313 g/mol. The molecule has 1 rings (SSSR count). The van der Waals surface area contributed by atoms with Crippen LogP contribution in [0.3, 0.4) is 0 Å². The van der Waals surface area contributed by atoms with Crippen LogP contribution in [0.15, 0.2) is 24.3 Å². The van der Waals surface area contributed by atoms with Crippen molar-refractivity contribution in [2.24, 2.45) is 5.14 Å². The predicted molar refractivity (Wildman–Crippen MR) is 87.0 cm³/mol. The van der Waals surface area contributed by atoms with Gasteiger partial charge in [0, 0.05) is 0 Å². The zero-order valence-electron chi connectivity index (χ0n) is 13.4. The lowest BCUT2D eigenvalue weighted by Gasteiger charge is -2.22. The summed E-state index contributed by atoms with van der Waals surface area (Å²) in [4.78, 5) is 0. The average molecular weight is 313 g/mol. The maximum absolute atomic E-state index is 11.7. The largest absolute Gasteiger partial charge is 0.491 e. The first kappa shape index (κ1) is 18.0. The van der Waals surface area contributed by atoms with E-state index in [0.29, 0.717) is 6.42 Å². The molecule has 0 amide bonds. The fourth-order valence-electron chi connectivity index (χ4n) is 2.65. The third-order valence-electron chi connectivity index (χ3n) is 3.80. The molecule has 0 fully saturated rings. The lowest BCUT2D eigenvalue weighted by Crippen LogP contribution is -2.32. The molecular weight excluding hydrogens is 286 g/mol. The molecule has 5 heteroatoms. The number of hydrogen-bond acceptors (Lipinski definition) is 3. The minimum absolute atomic E-state index is 0.153. The third kappa shape index (κ3) is 5.32. The molecule has 1 aromatic carbocycles. The van der Waals surface area contributed by atoms with E-state index in [9.17, 15) is 8.42 Å². The molecule has 0 saturated carbocycles. The molecular formula is C16H27NO3S. The zero-order chi connectivity index (χ0) is 16.0. The van der Waals surface area contributed by atoms with E-state index in [2.05, 4.69) is 6.92 Å². The van der Waals surface area contributed by atoms with Crippen molar-refractivity contribution in [1.82, 2.24) is 0 Å². The number of nitrogens with two attached hydrogens (primary N) is 1. The number of sulfonamides is 1. The fraction of sp³-hybridized carbons (Fsp3) is 0.625. The molecule has 1 unspecified atom stereocenters. The maximum atomic E-state index is 11.7. The van der Waals surface area contributed by atoms with Gasteiger partial charge in [-0.2, -0.15) is 0 Å². The normalized spacial score (nSPS) is 16.2.